The van der Waals surface area contributed by atoms with Gasteiger partial charge >= 0.3 is 0 Å². The van der Waals surface area contributed by atoms with E-state index in [-0.39, 0.29) is 16.7 Å². The number of benzene rings is 1. The predicted molar refractivity (Wildman–Crippen MR) is 80.5 cm³/mol. The average Bonchev–Trinajstić information content (AvgIpc) is 2.94. The highest BCUT2D eigenvalue weighted by atomic mass is 32.2. The summed E-state index contributed by atoms with van der Waals surface area (Å²) in [7, 11) is -3.72. The number of primary sulfonamides is 1. The summed E-state index contributed by atoms with van der Waals surface area (Å²) in [4.78, 5) is 19.6. The molecule has 116 valence electrons. The van der Waals surface area contributed by atoms with Gasteiger partial charge in [-0.1, -0.05) is 0 Å². The number of nitrogens with zero attached hydrogens (tertiary/aromatic N) is 1. The second-order valence-corrected chi connectivity index (χ2v) is 6.89. The van der Waals surface area contributed by atoms with E-state index in [1.807, 2.05) is 0 Å². The second-order valence-electron chi connectivity index (χ2n) is 5.33. The normalized spacial score (nSPS) is 17.8. The predicted octanol–water partition coefficient (Wildman–Crippen LogP) is 0.801. The number of aromatic amines is 1. The Bertz CT molecular complexity index is 796. The van der Waals surface area contributed by atoms with E-state index >= 15 is 0 Å². The minimum atomic E-state index is -3.72. The van der Waals surface area contributed by atoms with Crippen LogP contribution < -0.4 is 10.5 Å². The van der Waals surface area contributed by atoms with E-state index < -0.39 is 10.0 Å². The van der Waals surface area contributed by atoms with Crippen LogP contribution >= 0.6 is 0 Å². The molecule has 1 amide bonds. The van der Waals surface area contributed by atoms with Gasteiger partial charge in [-0.15, -0.1) is 0 Å². The van der Waals surface area contributed by atoms with E-state index in [1.165, 1.54) is 24.3 Å². The Morgan fingerprint density at radius 2 is 2.05 bits per heavy atom. The van der Waals surface area contributed by atoms with Crippen molar-refractivity contribution in [1.82, 2.24) is 9.97 Å². The maximum absolute atomic E-state index is 12.3. The van der Waals surface area contributed by atoms with Crippen molar-refractivity contribution < 1.29 is 13.2 Å². The van der Waals surface area contributed by atoms with Crippen LogP contribution in [0.15, 0.2) is 35.5 Å². The van der Waals surface area contributed by atoms with Gasteiger partial charge in [0.1, 0.15) is 0 Å². The second kappa shape index (κ2) is 5.54. The minimum absolute atomic E-state index is 0.0188. The van der Waals surface area contributed by atoms with E-state index in [0.717, 1.165) is 24.2 Å². The molecule has 0 radical (unpaired) electrons. The topological polar surface area (TPSA) is 118 Å². The number of hydrogen-bond donors (Lipinski definition) is 3. The molecule has 0 aliphatic heterocycles. The van der Waals surface area contributed by atoms with Crippen LogP contribution in [-0.2, 0) is 27.7 Å². The van der Waals surface area contributed by atoms with Crippen LogP contribution in [0.1, 0.15) is 17.8 Å². The quantitative estimate of drug-likeness (QED) is 0.775. The molecule has 1 unspecified atom stereocenters. The smallest absolute Gasteiger partial charge is 0.238 e. The molecule has 1 aliphatic rings. The van der Waals surface area contributed by atoms with E-state index in [4.69, 9.17) is 5.14 Å². The maximum atomic E-state index is 12.3. The van der Waals surface area contributed by atoms with Gasteiger partial charge in [0, 0.05) is 23.7 Å². The van der Waals surface area contributed by atoms with Crippen molar-refractivity contribution in [3.63, 3.8) is 0 Å². The number of anilines is 1. The average molecular weight is 320 g/mol. The van der Waals surface area contributed by atoms with Crippen LogP contribution in [0.3, 0.4) is 0 Å². The monoisotopic (exact) mass is 320 g/mol. The van der Waals surface area contributed by atoms with E-state index in [0.29, 0.717) is 12.1 Å². The van der Waals surface area contributed by atoms with Gasteiger partial charge in [0.05, 0.1) is 16.9 Å². The Hall–Kier alpha value is -2.19. The van der Waals surface area contributed by atoms with Crippen LogP contribution in [0.5, 0.6) is 0 Å². The molecule has 1 atom stereocenters. The summed E-state index contributed by atoms with van der Waals surface area (Å²) in [6, 6.07) is 5.81. The molecule has 8 heteroatoms. The molecule has 1 aliphatic carbocycles. The van der Waals surface area contributed by atoms with Crippen LogP contribution in [0.4, 0.5) is 5.69 Å². The summed E-state index contributed by atoms with van der Waals surface area (Å²) >= 11 is 0. The number of nitrogens with two attached hydrogens (primary N) is 1. The van der Waals surface area contributed by atoms with E-state index in [2.05, 4.69) is 15.3 Å². The summed E-state index contributed by atoms with van der Waals surface area (Å²) in [5.41, 5.74) is 2.59. The van der Waals surface area contributed by atoms with Crippen LogP contribution in [0.25, 0.3) is 0 Å². The standard InChI is InChI=1S/C14H16N4O3S/c15-22(20,21)11-4-2-10(3-5-11)18-14(19)9-1-6-12-13(7-9)17-8-16-12/h2-5,8-9H,1,6-7H2,(H,16,17)(H,18,19)(H2,15,20,21). The van der Waals surface area contributed by atoms with Gasteiger partial charge in [-0.2, -0.15) is 0 Å². The van der Waals surface area contributed by atoms with Crippen LogP contribution in [-0.4, -0.2) is 24.3 Å². The number of carbonyl (C=O) groups is 1. The number of hydrogen-bond acceptors (Lipinski definition) is 4. The van der Waals surface area contributed by atoms with Crippen molar-refractivity contribution in [3.8, 4) is 0 Å². The lowest BCUT2D eigenvalue weighted by Gasteiger charge is -2.20. The van der Waals surface area contributed by atoms with E-state index in [9.17, 15) is 13.2 Å². The van der Waals surface area contributed by atoms with Crippen LogP contribution in [0.2, 0.25) is 0 Å². The van der Waals surface area contributed by atoms with Crippen molar-refractivity contribution in [3.05, 3.63) is 42.0 Å². The van der Waals surface area contributed by atoms with Gasteiger partial charge in [-0.05, 0) is 37.1 Å². The number of H-pyrrole nitrogens is 1. The summed E-state index contributed by atoms with van der Waals surface area (Å²) in [5.74, 6) is -0.200. The molecule has 0 fully saturated rings. The third kappa shape index (κ3) is 3.02. The number of amides is 1. The SMILES string of the molecule is NS(=O)(=O)c1ccc(NC(=O)C2CCc3nc[nH]c3C2)cc1. The van der Waals surface area contributed by atoms with E-state index in [1.54, 1.807) is 6.33 Å². The number of fused-ring (bicyclic) bond motifs is 1. The van der Waals surface area contributed by atoms with Gasteiger partial charge in [0.2, 0.25) is 15.9 Å². The first-order chi connectivity index (χ1) is 10.4. The van der Waals surface area contributed by atoms with Gasteiger partial charge < -0.3 is 10.3 Å². The first-order valence-electron chi connectivity index (χ1n) is 6.88. The zero-order valence-corrected chi connectivity index (χ0v) is 12.6. The molecular formula is C14H16N4O3S. The molecule has 0 spiro atoms. The zero-order chi connectivity index (χ0) is 15.7. The highest BCUT2D eigenvalue weighted by molar-refractivity contribution is 7.89. The largest absolute Gasteiger partial charge is 0.348 e. The molecule has 7 nitrogen and oxygen atoms in total. The van der Waals surface area contributed by atoms with Crippen molar-refractivity contribution in [2.75, 3.05) is 5.32 Å². The third-order valence-electron chi connectivity index (χ3n) is 3.81. The molecule has 0 saturated heterocycles. The lowest BCUT2D eigenvalue weighted by molar-refractivity contribution is -0.120. The number of aromatic nitrogens is 2. The number of aryl methyl sites for hydroxylation is 1. The Balaban J connectivity index is 1.67. The number of carbonyl (C=O) groups excluding carboxylic acids is 1. The highest BCUT2D eigenvalue weighted by Crippen LogP contribution is 2.24. The Morgan fingerprint density at radius 1 is 1.32 bits per heavy atom. The minimum Gasteiger partial charge on any atom is -0.348 e. The van der Waals surface area contributed by atoms with Crippen molar-refractivity contribution in [1.29, 1.82) is 0 Å². The molecule has 1 heterocycles. The summed E-state index contributed by atoms with van der Waals surface area (Å²) in [6.07, 6.45) is 3.81. The molecule has 1 aromatic heterocycles. The fourth-order valence-electron chi connectivity index (χ4n) is 2.60. The number of nitrogens with one attached hydrogen (secondary N) is 2. The number of sulfonamides is 1. The molecule has 2 aromatic rings. The molecule has 0 saturated carbocycles. The zero-order valence-electron chi connectivity index (χ0n) is 11.7. The lowest BCUT2D eigenvalue weighted by Crippen LogP contribution is -2.28. The Morgan fingerprint density at radius 3 is 2.73 bits per heavy atom. The fourth-order valence-corrected chi connectivity index (χ4v) is 3.11. The first kappa shape index (κ1) is 14.7. The van der Waals surface area contributed by atoms with Crippen molar-refractivity contribution >= 4 is 21.6 Å². The molecule has 22 heavy (non-hydrogen) atoms. The van der Waals surface area contributed by atoms with Gasteiger partial charge in [-0.25, -0.2) is 18.5 Å². The molecule has 3 rings (SSSR count). The summed E-state index contributed by atoms with van der Waals surface area (Å²) < 4.78 is 22.4. The van der Waals surface area contributed by atoms with Crippen LogP contribution in [0, 0.1) is 5.92 Å². The molecule has 4 N–H and O–H groups in total. The fraction of sp³-hybridized carbons (Fsp3) is 0.286. The summed E-state index contributed by atoms with van der Waals surface area (Å²) in [6.45, 7) is 0. The molecule has 0 bridgehead atoms. The van der Waals surface area contributed by atoms with Crippen molar-refractivity contribution in [2.45, 2.75) is 24.2 Å². The number of imidazole rings is 1. The van der Waals surface area contributed by atoms with Crippen molar-refractivity contribution in [2.24, 2.45) is 11.1 Å². The summed E-state index contributed by atoms with van der Waals surface area (Å²) in [5, 5.41) is 7.84. The molecular weight excluding hydrogens is 304 g/mol. The maximum Gasteiger partial charge on any atom is 0.238 e. The Kier molecular flexibility index (Phi) is 3.71. The van der Waals surface area contributed by atoms with Gasteiger partial charge in [0.15, 0.2) is 0 Å². The lowest BCUT2D eigenvalue weighted by atomic mass is 9.89. The third-order valence-corrected chi connectivity index (χ3v) is 4.74. The number of rotatable bonds is 3. The van der Waals surface area contributed by atoms with Gasteiger partial charge in [-0.3, -0.25) is 4.79 Å². The Labute approximate surface area is 128 Å². The highest BCUT2D eigenvalue weighted by Gasteiger charge is 2.26. The van der Waals surface area contributed by atoms with Gasteiger partial charge in [0.25, 0.3) is 0 Å². The first-order valence-corrected chi connectivity index (χ1v) is 8.43. The molecule has 1 aromatic carbocycles.